The normalized spacial score (nSPS) is 13.3. The van der Waals surface area contributed by atoms with Crippen molar-refractivity contribution in [3.8, 4) is 0 Å². The second kappa shape index (κ2) is 38.4. The summed E-state index contributed by atoms with van der Waals surface area (Å²) in [6, 6.07) is 0. The van der Waals surface area contributed by atoms with Gasteiger partial charge in [-0.15, -0.1) is 0 Å². The lowest BCUT2D eigenvalue weighted by Gasteiger charge is -2.26. The van der Waals surface area contributed by atoms with Gasteiger partial charge in [0.25, 0.3) is 0 Å². The molecule has 0 amide bonds. The van der Waals surface area contributed by atoms with Gasteiger partial charge in [0.15, 0.2) is 12.4 Å². The van der Waals surface area contributed by atoms with Gasteiger partial charge in [-0.2, -0.15) is 0 Å². The van der Waals surface area contributed by atoms with E-state index in [9.17, 15) is 19.5 Å². The average Bonchev–Trinajstić information content (AvgIpc) is 3.14. The number of carbonyl (C=O) groups is 3. The summed E-state index contributed by atoms with van der Waals surface area (Å²) in [5.41, 5.74) is 0. The van der Waals surface area contributed by atoms with Crippen LogP contribution in [0.4, 0.5) is 0 Å². The van der Waals surface area contributed by atoms with Gasteiger partial charge in [0.2, 0.25) is 0 Å². The van der Waals surface area contributed by atoms with E-state index in [2.05, 4.69) is 50.3 Å². The number of aliphatic carboxylic acids is 1. The maximum absolute atomic E-state index is 12.7. The fourth-order valence-electron chi connectivity index (χ4n) is 5.84. The second-order valence-corrected chi connectivity index (χ2v) is 16.0. The molecule has 0 radical (unpaired) electrons. The summed E-state index contributed by atoms with van der Waals surface area (Å²) in [7, 11) is 5.90. The van der Waals surface area contributed by atoms with Crippen LogP contribution in [0, 0.1) is 0 Å². The Labute approximate surface area is 337 Å². The summed E-state index contributed by atoms with van der Waals surface area (Å²) in [6.07, 6.45) is 38.8. The molecule has 320 valence electrons. The number of allylic oxidation sites excluding steroid dienone is 6. The molecule has 0 heterocycles. The van der Waals surface area contributed by atoms with Crippen LogP contribution in [0.5, 0.6) is 0 Å². The van der Waals surface area contributed by atoms with Crippen molar-refractivity contribution in [2.24, 2.45) is 0 Å². The molecule has 0 saturated carbocycles. The zero-order valence-electron chi connectivity index (χ0n) is 36.0. The highest BCUT2D eigenvalue weighted by molar-refractivity contribution is 5.70. The predicted octanol–water partition coefficient (Wildman–Crippen LogP) is 10.1. The van der Waals surface area contributed by atoms with Crippen LogP contribution in [0.25, 0.3) is 0 Å². The third kappa shape index (κ3) is 39.5. The van der Waals surface area contributed by atoms with E-state index in [0.29, 0.717) is 17.4 Å². The van der Waals surface area contributed by atoms with Crippen molar-refractivity contribution in [2.75, 3.05) is 47.5 Å². The van der Waals surface area contributed by atoms with Gasteiger partial charge >= 0.3 is 11.9 Å². The number of carboxylic acids is 1. The zero-order chi connectivity index (χ0) is 40.7. The number of unbranched alkanes of at least 4 members (excludes halogenated alkanes) is 19. The molecule has 9 nitrogen and oxygen atoms in total. The number of esters is 2. The highest BCUT2D eigenvalue weighted by Crippen LogP contribution is 2.13. The molecule has 55 heavy (non-hydrogen) atoms. The number of likely N-dealkylation sites (N-methyl/N-ethyl adjacent to an activating group) is 1. The molecule has 0 spiro atoms. The van der Waals surface area contributed by atoms with Crippen molar-refractivity contribution < 1.29 is 42.9 Å². The standard InChI is InChI=1S/C46H83NO8/c1-6-8-10-12-14-16-18-20-22-23-25-26-28-30-32-34-36-43(48)53-40-42(41-54-46(45(50)51)52-39-38-47(3,4)5)55-44(49)37-35-33-31-29-27-24-21-19-17-15-13-11-9-7-2/h13,15,19,21-23,42,46H,6-12,14,16-18,20,24-41H2,1-5H3/b15-13-,21-19-,23-22-. The summed E-state index contributed by atoms with van der Waals surface area (Å²) < 4.78 is 22.5. The fraction of sp³-hybridized carbons (Fsp3) is 0.804. The van der Waals surface area contributed by atoms with Gasteiger partial charge in [-0.3, -0.25) is 9.59 Å². The van der Waals surface area contributed by atoms with Crippen LogP contribution in [-0.4, -0.2) is 82.3 Å². The first kappa shape index (κ1) is 52.5. The second-order valence-electron chi connectivity index (χ2n) is 16.0. The van der Waals surface area contributed by atoms with Crippen LogP contribution in [0.1, 0.15) is 181 Å². The van der Waals surface area contributed by atoms with E-state index in [0.717, 1.165) is 83.5 Å². The number of rotatable bonds is 40. The third-order valence-corrected chi connectivity index (χ3v) is 9.36. The summed E-state index contributed by atoms with van der Waals surface area (Å²) in [5.74, 6) is -2.32. The first-order valence-electron chi connectivity index (χ1n) is 22.1. The number of carbonyl (C=O) groups excluding carboxylic acids is 3. The number of hydrogen-bond acceptors (Lipinski definition) is 8. The van der Waals surface area contributed by atoms with Gasteiger partial charge in [0.1, 0.15) is 13.2 Å². The minimum absolute atomic E-state index is 0.143. The molecule has 0 N–H and O–H groups in total. The van der Waals surface area contributed by atoms with Crippen LogP contribution in [0.3, 0.4) is 0 Å². The van der Waals surface area contributed by atoms with E-state index >= 15 is 0 Å². The van der Waals surface area contributed by atoms with Crippen molar-refractivity contribution in [3.05, 3.63) is 36.5 Å². The van der Waals surface area contributed by atoms with Crippen molar-refractivity contribution >= 4 is 17.9 Å². The smallest absolute Gasteiger partial charge is 0.306 e. The van der Waals surface area contributed by atoms with Crippen molar-refractivity contribution in [3.63, 3.8) is 0 Å². The average molecular weight is 778 g/mol. The highest BCUT2D eigenvalue weighted by atomic mass is 16.7. The van der Waals surface area contributed by atoms with Crippen LogP contribution in [-0.2, 0) is 33.3 Å². The number of nitrogens with zero attached hydrogens (tertiary/aromatic N) is 1. The third-order valence-electron chi connectivity index (χ3n) is 9.36. The molecule has 0 aromatic heterocycles. The molecule has 0 aromatic rings. The van der Waals surface area contributed by atoms with E-state index < -0.39 is 24.3 Å². The topological polar surface area (TPSA) is 111 Å². The Morgan fingerprint density at radius 1 is 0.545 bits per heavy atom. The van der Waals surface area contributed by atoms with Crippen LogP contribution in [0.2, 0.25) is 0 Å². The van der Waals surface area contributed by atoms with Crippen molar-refractivity contribution in [1.82, 2.24) is 0 Å². The van der Waals surface area contributed by atoms with Gasteiger partial charge in [-0.1, -0.05) is 140 Å². The largest absolute Gasteiger partial charge is 0.545 e. The highest BCUT2D eigenvalue weighted by Gasteiger charge is 2.21. The minimum Gasteiger partial charge on any atom is -0.545 e. The van der Waals surface area contributed by atoms with E-state index in [4.69, 9.17) is 18.9 Å². The first-order valence-corrected chi connectivity index (χ1v) is 22.1. The lowest BCUT2D eigenvalue weighted by Crippen LogP contribution is -2.44. The molecule has 0 rings (SSSR count). The number of carboxylic acid groups (broad SMARTS) is 1. The van der Waals surface area contributed by atoms with E-state index in [-0.39, 0.29) is 38.6 Å². The Hall–Kier alpha value is -2.49. The molecule has 9 heteroatoms. The first-order chi connectivity index (χ1) is 26.6. The van der Waals surface area contributed by atoms with Gasteiger partial charge < -0.3 is 33.3 Å². The summed E-state index contributed by atoms with van der Waals surface area (Å²) >= 11 is 0. The Morgan fingerprint density at radius 3 is 1.51 bits per heavy atom. The molecule has 0 fully saturated rings. The lowest BCUT2D eigenvalue weighted by atomic mass is 10.1. The number of quaternary nitrogens is 1. The van der Waals surface area contributed by atoms with Gasteiger partial charge in [-0.25, -0.2) is 0 Å². The van der Waals surface area contributed by atoms with E-state index in [1.54, 1.807) is 0 Å². The number of hydrogen-bond donors (Lipinski definition) is 0. The van der Waals surface area contributed by atoms with Gasteiger partial charge in [0.05, 0.1) is 40.3 Å². The van der Waals surface area contributed by atoms with Crippen molar-refractivity contribution in [1.29, 1.82) is 0 Å². The zero-order valence-corrected chi connectivity index (χ0v) is 36.0. The predicted molar refractivity (Wildman–Crippen MR) is 223 cm³/mol. The number of ether oxygens (including phenoxy) is 4. The van der Waals surface area contributed by atoms with E-state index in [1.165, 1.54) is 64.2 Å². The summed E-state index contributed by atoms with van der Waals surface area (Å²) in [6.45, 7) is 4.66. The molecule has 0 bridgehead atoms. The van der Waals surface area contributed by atoms with Gasteiger partial charge in [0, 0.05) is 12.8 Å². The lowest BCUT2D eigenvalue weighted by molar-refractivity contribution is -0.870. The molecule has 0 aliphatic heterocycles. The van der Waals surface area contributed by atoms with Crippen molar-refractivity contribution in [2.45, 2.75) is 193 Å². The maximum atomic E-state index is 12.7. The minimum atomic E-state index is -1.62. The van der Waals surface area contributed by atoms with Crippen LogP contribution in [0.15, 0.2) is 36.5 Å². The monoisotopic (exact) mass is 778 g/mol. The molecular formula is C46H83NO8. The Kier molecular flexibility index (Phi) is 36.6. The fourth-order valence-corrected chi connectivity index (χ4v) is 5.84. The molecule has 0 aromatic carbocycles. The van der Waals surface area contributed by atoms with E-state index in [1.807, 2.05) is 21.1 Å². The van der Waals surface area contributed by atoms with Crippen LogP contribution < -0.4 is 5.11 Å². The Bertz CT molecular complexity index is 1000. The molecule has 0 saturated heterocycles. The van der Waals surface area contributed by atoms with Crippen LogP contribution >= 0.6 is 0 Å². The summed E-state index contributed by atoms with van der Waals surface area (Å²) in [5, 5.41) is 11.7. The molecule has 0 aliphatic carbocycles. The quantitative estimate of drug-likeness (QED) is 0.0199. The molecular weight excluding hydrogens is 695 g/mol. The SMILES string of the molecule is CCCC/C=C\C/C=C\CCCCCCCC(=O)OC(COC(=O)CCCCCCC/C=C\CCCCCCCCC)COC(OCC[N+](C)(C)C)C(=O)[O-]. The summed E-state index contributed by atoms with van der Waals surface area (Å²) in [4.78, 5) is 36.9. The Balaban J connectivity index is 4.48. The Morgan fingerprint density at radius 2 is 1.00 bits per heavy atom. The molecule has 0 aliphatic rings. The molecule has 2 atom stereocenters. The molecule has 2 unspecified atom stereocenters. The maximum Gasteiger partial charge on any atom is 0.306 e. The van der Waals surface area contributed by atoms with Gasteiger partial charge in [-0.05, 0) is 64.2 Å².